The Bertz CT molecular complexity index is 360. The van der Waals surface area contributed by atoms with Gasteiger partial charge in [0.15, 0.2) is 0 Å². The molecule has 3 aliphatic rings. The smallest absolute Gasteiger partial charge is 0.220 e. The van der Waals surface area contributed by atoms with Crippen LogP contribution in [0, 0.1) is 17.8 Å². The van der Waals surface area contributed by atoms with Gasteiger partial charge in [0.1, 0.15) is 0 Å². The van der Waals surface area contributed by atoms with Crippen molar-refractivity contribution in [1.29, 1.82) is 0 Å². The molecule has 114 valence electrons. The topological polar surface area (TPSA) is 58.4 Å². The highest BCUT2D eigenvalue weighted by molar-refractivity contribution is 5.77. The predicted octanol–water partition coefficient (Wildman–Crippen LogP) is 1.35. The molecule has 1 aliphatic carbocycles. The van der Waals surface area contributed by atoms with Crippen molar-refractivity contribution in [2.45, 2.75) is 57.5 Å². The lowest BCUT2D eigenvalue weighted by atomic mass is 9.76. The molecule has 20 heavy (non-hydrogen) atoms. The molecule has 0 aromatic carbocycles. The number of carbonyl (C=O) groups is 1. The Morgan fingerprint density at radius 1 is 1.30 bits per heavy atom. The van der Waals surface area contributed by atoms with E-state index in [4.69, 9.17) is 5.73 Å². The zero-order chi connectivity index (χ0) is 14.1. The molecule has 2 aliphatic heterocycles. The Labute approximate surface area is 122 Å². The van der Waals surface area contributed by atoms with Crippen molar-refractivity contribution in [2.75, 3.05) is 19.6 Å². The molecule has 2 heterocycles. The molecule has 0 aromatic rings. The molecule has 2 saturated heterocycles. The Kier molecular flexibility index (Phi) is 4.32. The fourth-order valence-corrected chi connectivity index (χ4v) is 4.58. The summed E-state index contributed by atoms with van der Waals surface area (Å²) in [6, 6.07) is 1.12. The lowest BCUT2D eigenvalue weighted by Gasteiger charge is -2.48. The van der Waals surface area contributed by atoms with Crippen LogP contribution in [-0.2, 0) is 4.79 Å². The SMILES string of the molecule is CC1CCC(CN)C(N2CCC3NC(=O)CCC3C2)C1. The molecule has 4 nitrogen and oxygen atoms in total. The van der Waals surface area contributed by atoms with Gasteiger partial charge in [-0.15, -0.1) is 0 Å². The van der Waals surface area contributed by atoms with Crippen molar-refractivity contribution in [2.24, 2.45) is 23.5 Å². The monoisotopic (exact) mass is 279 g/mol. The number of hydrogen-bond acceptors (Lipinski definition) is 3. The van der Waals surface area contributed by atoms with Crippen LogP contribution in [0.2, 0.25) is 0 Å². The zero-order valence-electron chi connectivity index (χ0n) is 12.7. The Balaban J connectivity index is 1.64. The van der Waals surface area contributed by atoms with E-state index in [-0.39, 0.29) is 5.91 Å². The first-order valence-electron chi connectivity index (χ1n) is 8.41. The summed E-state index contributed by atoms with van der Waals surface area (Å²) in [5, 5.41) is 3.19. The lowest BCUT2D eigenvalue weighted by molar-refractivity contribution is -0.125. The molecule has 1 amide bonds. The van der Waals surface area contributed by atoms with E-state index in [1.54, 1.807) is 0 Å². The molecular formula is C16H29N3O. The maximum absolute atomic E-state index is 11.5. The number of amides is 1. The largest absolute Gasteiger partial charge is 0.353 e. The van der Waals surface area contributed by atoms with Crippen LogP contribution in [0.15, 0.2) is 0 Å². The van der Waals surface area contributed by atoms with Crippen molar-refractivity contribution < 1.29 is 4.79 Å². The molecule has 0 aromatic heterocycles. The van der Waals surface area contributed by atoms with E-state index in [0.29, 0.717) is 23.9 Å². The summed E-state index contributed by atoms with van der Waals surface area (Å²) in [7, 11) is 0. The number of hydrogen-bond donors (Lipinski definition) is 2. The number of likely N-dealkylation sites (tertiary alicyclic amines) is 1. The van der Waals surface area contributed by atoms with Crippen molar-refractivity contribution in [3.8, 4) is 0 Å². The average molecular weight is 279 g/mol. The normalized spacial score (nSPS) is 42.9. The van der Waals surface area contributed by atoms with Gasteiger partial charge in [-0.25, -0.2) is 0 Å². The van der Waals surface area contributed by atoms with Crippen LogP contribution in [0.5, 0.6) is 0 Å². The van der Waals surface area contributed by atoms with Crippen molar-refractivity contribution in [1.82, 2.24) is 10.2 Å². The van der Waals surface area contributed by atoms with Crippen LogP contribution in [0.25, 0.3) is 0 Å². The van der Waals surface area contributed by atoms with Gasteiger partial charge >= 0.3 is 0 Å². The summed E-state index contributed by atoms with van der Waals surface area (Å²) >= 11 is 0. The molecule has 0 radical (unpaired) electrons. The molecule has 3 fully saturated rings. The minimum absolute atomic E-state index is 0.255. The van der Waals surface area contributed by atoms with Gasteiger partial charge in [0.05, 0.1) is 0 Å². The van der Waals surface area contributed by atoms with Crippen molar-refractivity contribution >= 4 is 5.91 Å². The molecule has 1 saturated carbocycles. The molecular weight excluding hydrogens is 250 g/mol. The highest BCUT2D eigenvalue weighted by Crippen LogP contribution is 2.35. The number of rotatable bonds is 2. The third kappa shape index (κ3) is 2.86. The number of nitrogens with one attached hydrogen (secondary N) is 1. The van der Waals surface area contributed by atoms with E-state index < -0.39 is 0 Å². The summed E-state index contributed by atoms with van der Waals surface area (Å²) < 4.78 is 0. The summed E-state index contributed by atoms with van der Waals surface area (Å²) in [5.41, 5.74) is 6.01. The number of nitrogens with two attached hydrogens (primary N) is 1. The first-order valence-corrected chi connectivity index (χ1v) is 8.41. The standard InChI is InChI=1S/C16H29N3O/c1-11-2-3-12(9-17)15(8-11)19-7-6-14-13(10-19)4-5-16(20)18-14/h11-15H,2-10,17H2,1H3,(H,18,20). The summed E-state index contributed by atoms with van der Waals surface area (Å²) in [5.74, 6) is 2.44. The average Bonchev–Trinajstić information content (AvgIpc) is 2.46. The third-order valence-electron chi connectivity index (χ3n) is 5.84. The van der Waals surface area contributed by atoms with E-state index in [0.717, 1.165) is 38.3 Å². The minimum atomic E-state index is 0.255. The van der Waals surface area contributed by atoms with Gasteiger partial charge in [-0.3, -0.25) is 9.69 Å². The predicted molar refractivity (Wildman–Crippen MR) is 80.2 cm³/mol. The maximum Gasteiger partial charge on any atom is 0.220 e. The van der Waals surface area contributed by atoms with E-state index in [2.05, 4.69) is 17.1 Å². The van der Waals surface area contributed by atoms with Gasteiger partial charge in [0, 0.05) is 31.6 Å². The van der Waals surface area contributed by atoms with Gasteiger partial charge in [0.2, 0.25) is 5.91 Å². The van der Waals surface area contributed by atoms with Crippen LogP contribution in [0.4, 0.5) is 0 Å². The molecule has 3 rings (SSSR count). The van der Waals surface area contributed by atoms with E-state index >= 15 is 0 Å². The summed E-state index contributed by atoms with van der Waals surface area (Å²) in [6.07, 6.45) is 6.86. The third-order valence-corrected chi connectivity index (χ3v) is 5.84. The van der Waals surface area contributed by atoms with Crippen LogP contribution in [0.3, 0.4) is 0 Å². The number of carbonyl (C=O) groups excluding carboxylic acids is 1. The molecule has 0 bridgehead atoms. The van der Waals surface area contributed by atoms with Crippen LogP contribution < -0.4 is 11.1 Å². The number of piperidine rings is 2. The minimum Gasteiger partial charge on any atom is -0.353 e. The van der Waals surface area contributed by atoms with Gasteiger partial charge < -0.3 is 11.1 Å². The highest BCUT2D eigenvalue weighted by Gasteiger charge is 2.39. The van der Waals surface area contributed by atoms with Gasteiger partial charge in [0.25, 0.3) is 0 Å². The number of fused-ring (bicyclic) bond motifs is 1. The lowest BCUT2D eigenvalue weighted by Crippen LogP contribution is -2.58. The molecule has 5 atom stereocenters. The first-order chi connectivity index (χ1) is 9.67. The Morgan fingerprint density at radius 2 is 2.15 bits per heavy atom. The second-order valence-electron chi connectivity index (χ2n) is 7.24. The second kappa shape index (κ2) is 6.02. The molecule has 4 heteroatoms. The van der Waals surface area contributed by atoms with E-state index in [1.165, 1.54) is 25.8 Å². The molecule has 3 N–H and O–H groups in total. The van der Waals surface area contributed by atoms with Crippen molar-refractivity contribution in [3.05, 3.63) is 0 Å². The summed E-state index contributed by atoms with van der Waals surface area (Å²) in [6.45, 7) is 5.51. The Hall–Kier alpha value is -0.610. The molecule has 5 unspecified atom stereocenters. The fraction of sp³-hybridized carbons (Fsp3) is 0.938. The van der Waals surface area contributed by atoms with Crippen LogP contribution in [-0.4, -0.2) is 42.5 Å². The second-order valence-corrected chi connectivity index (χ2v) is 7.24. The number of nitrogens with zero attached hydrogens (tertiary/aromatic N) is 1. The quantitative estimate of drug-likeness (QED) is 0.802. The van der Waals surface area contributed by atoms with E-state index in [9.17, 15) is 4.79 Å². The highest BCUT2D eigenvalue weighted by atomic mass is 16.1. The van der Waals surface area contributed by atoms with Gasteiger partial charge in [-0.05, 0) is 50.0 Å². The van der Waals surface area contributed by atoms with E-state index in [1.807, 2.05) is 0 Å². The van der Waals surface area contributed by atoms with Crippen LogP contribution in [0.1, 0.15) is 45.4 Å². The first kappa shape index (κ1) is 14.3. The zero-order valence-corrected chi connectivity index (χ0v) is 12.7. The maximum atomic E-state index is 11.5. The van der Waals surface area contributed by atoms with Crippen molar-refractivity contribution in [3.63, 3.8) is 0 Å². The van der Waals surface area contributed by atoms with Crippen LogP contribution >= 0.6 is 0 Å². The fourth-order valence-electron chi connectivity index (χ4n) is 4.58. The Morgan fingerprint density at radius 3 is 2.95 bits per heavy atom. The van der Waals surface area contributed by atoms with Gasteiger partial charge in [-0.1, -0.05) is 13.3 Å². The van der Waals surface area contributed by atoms with Gasteiger partial charge in [-0.2, -0.15) is 0 Å². The molecule has 0 spiro atoms. The summed E-state index contributed by atoms with van der Waals surface area (Å²) in [4.78, 5) is 14.2.